The average Bonchev–Trinajstić information content (AvgIpc) is 3.04. The van der Waals surface area contributed by atoms with Crippen LogP contribution < -0.4 is 14.8 Å². The van der Waals surface area contributed by atoms with Crippen molar-refractivity contribution in [3.05, 3.63) is 58.9 Å². The molecule has 0 aliphatic heterocycles. The number of nitrogens with one attached hydrogen (secondary N) is 1. The van der Waals surface area contributed by atoms with Crippen LogP contribution in [0.4, 0.5) is 10.1 Å². The normalized spacial score (nSPS) is 10.5. The van der Waals surface area contributed by atoms with Gasteiger partial charge in [-0.1, -0.05) is 12.1 Å². The van der Waals surface area contributed by atoms with E-state index in [0.29, 0.717) is 32.6 Å². The molecule has 134 valence electrons. The van der Waals surface area contributed by atoms with Gasteiger partial charge in [0.15, 0.2) is 0 Å². The van der Waals surface area contributed by atoms with Crippen molar-refractivity contribution in [3.8, 4) is 22.1 Å². The first-order chi connectivity index (χ1) is 12.5. The number of benzene rings is 2. The van der Waals surface area contributed by atoms with E-state index in [2.05, 4.69) is 10.3 Å². The number of carbonyl (C=O) groups excluding carboxylic acids is 1. The van der Waals surface area contributed by atoms with Gasteiger partial charge in [-0.05, 0) is 31.2 Å². The van der Waals surface area contributed by atoms with Gasteiger partial charge in [0.25, 0.3) is 5.91 Å². The summed E-state index contributed by atoms with van der Waals surface area (Å²) in [6.45, 7) is 1.78. The van der Waals surface area contributed by atoms with Crippen LogP contribution in [0.15, 0.2) is 42.5 Å². The van der Waals surface area contributed by atoms with Crippen LogP contribution in [0.25, 0.3) is 10.6 Å². The van der Waals surface area contributed by atoms with Crippen molar-refractivity contribution in [3.63, 3.8) is 0 Å². The molecule has 7 heteroatoms. The van der Waals surface area contributed by atoms with Gasteiger partial charge < -0.3 is 14.8 Å². The first kappa shape index (κ1) is 17.9. The molecule has 0 spiro atoms. The highest BCUT2D eigenvalue weighted by Crippen LogP contribution is 2.32. The summed E-state index contributed by atoms with van der Waals surface area (Å²) in [6, 6.07) is 11.4. The Morgan fingerprint density at radius 3 is 2.62 bits per heavy atom. The molecule has 0 fully saturated rings. The zero-order chi connectivity index (χ0) is 18.7. The third-order valence-corrected chi connectivity index (χ3v) is 4.78. The number of aryl methyl sites for hydroxylation is 1. The third-order valence-electron chi connectivity index (χ3n) is 3.77. The number of ether oxygens (including phenoxy) is 2. The molecule has 0 bridgehead atoms. The van der Waals surface area contributed by atoms with Crippen LogP contribution in [0.3, 0.4) is 0 Å². The predicted molar refractivity (Wildman–Crippen MR) is 99.7 cm³/mol. The van der Waals surface area contributed by atoms with Crippen LogP contribution in [-0.2, 0) is 0 Å². The Kier molecular flexibility index (Phi) is 5.18. The van der Waals surface area contributed by atoms with Crippen LogP contribution in [0.1, 0.15) is 15.4 Å². The number of amides is 1. The molecule has 2 aromatic carbocycles. The maximum Gasteiger partial charge on any atom is 0.275 e. The van der Waals surface area contributed by atoms with E-state index in [1.54, 1.807) is 50.4 Å². The van der Waals surface area contributed by atoms with Crippen LogP contribution in [0, 0.1) is 12.7 Å². The van der Waals surface area contributed by atoms with Gasteiger partial charge in [-0.3, -0.25) is 4.79 Å². The maximum absolute atomic E-state index is 14.0. The van der Waals surface area contributed by atoms with Crippen LogP contribution in [-0.4, -0.2) is 25.1 Å². The number of thiazole rings is 1. The Balaban J connectivity index is 1.89. The molecule has 1 heterocycles. The summed E-state index contributed by atoms with van der Waals surface area (Å²) in [6.07, 6.45) is 0. The van der Waals surface area contributed by atoms with Gasteiger partial charge in [0.05, 0.1) is 19.9 Å². The molecule has 3 aromatic rings. The number of nitrogens with zero attached hydrogens (tertiary/aromatic N) is 1. The van der Waals surface area contributed by atoms with E-state index >= 15 is 0 Å². The summed E-state index contributed by atoms with van der Waals surface area (Å²) in [5.41, 5.74) is 1.13. The molecular formula is C19H17FN2O3S. The summed E-state index contributed by atoms with van der Waals surface area (Å²) < 4.78 is 24.4. The molecule has 3 rings (SSSR count). The number of methoxy groups -OCH3 is 2. The van der Waals surface area contributed by atoms with Crippen molar-refractivity contribution in [1.29, 1.82) is 0 Å². The van der Waals surface area contributed by atoms with Gasteiger partial charge in [-0.25, -0.2) is 9.37 Å². The monoisotopic (exact) mass is 372 g/mol. The molecule has 0 atom stereocenters. The minimum Gasteiger partial charge on any atom is -0.497 e. The van der Waals surface area contributed by atoms with E-state index in [1.165, 1.54) is 24.5 Å². The second-order valence-electron chi connectivity index (χ2n) is 5.42. The Bertz CT molecular complexity index is 956. The summed E-state index contributed by atoms with van der Waals surface area (Å²) in [4.78, 5) is 17.7. The van der Waals surface area contributed by atoms with E-state index < -0.39 is 0 Å². The minimum atomic E-state index is -0.384. The number of hydrogen-bond donors (Lipinski definition) is 1. The lowest BCUT2D eigenvalue weighted by molar-refractivity contribution is 0.102. The fourth-order valence-corrected chi connectivity index (χ4v) is 3.38. The lowest BCUT2D eigenvalue weighted by atomic mass is 10.2. The molecule has 26 heavy (non-hydrogen) atoms. The topological polar surface area (TPSA) is 60.5 Å². The first-order valence-electron chi connectivity index (χ1n) is 7.79. The second kappa shape index (κ2) is 7.53. The third kappa shape index (κ3) is 3.52. The SMILES string of the molecule is COc1ccc(NC(=O)c2nc(-c3ccccc3F)sc2C)c(OC)c1. The quantitative estimate of drug-likeness (QED) is 0.715. The van der Waals surface area contributed by atoms with Crippen molar-refractivity contribution in [2.75, 3.05) is 19.5 Å². The van der Waals surface area contributed by atoms with Crippen LogP contribution >= 0.6 is 11.3 Å². The Labute approximate surface area is 154 Å². The second-order valence-corrected chi connectivity index (χ2v) is 6.63. The van der Waals surface area contributed by atoms with E-state index in [9.17, 15) is 9.18 Å². The lowest BCUT2D eigenvalue weighted by Crippen LogP contribution is -2.14. The van der Waals surface area contributed by atoms with Gasteiger partial charge in [0, 0.05) is 16.5 Å². The van der Waals surface area contributed by atoms with Crippen LogP contribution in [0.2, 0.25) is 0 Å². The van der Waals surface area contributed by atoms with Gasteiger partial charge in [0.1, 0.15) is 28.0 Å². The van der Waals surface area contributed by atoms with E-state index in [0.717, 1.165) is 0 Å². The molecule has 0 aliphatic carbocycles. The number of aromatic nitrogens is 1. The Morgan fingerprint density at radius 2 is 1.92 bits per heavy atom. The smallest absolute Gasteiger partial charge is 0.275 e. The number of rotatable bonds is 5. The van der Waals surface area contributed by atoms with Crippen LogP contribution in [0.5, 0.6) is 11.5 Å². The standard InChI is InChI=1S/C19H17FN2O3S/c1-11-17(22-19(26-11)13-6-4-5-7-14(13)20)18(23)21-15-9-8-12(24-2)10-16(15)25-3/h4-10H,1-3H3,(H,21,23). The van der Waals surface area contributed by atoms with Crippen molar-refractivity contribution in [2.24, 2.45) is 0 Å². The van der Waals surface area contributed by atoms with Crippen molar-refractivity contribution < 1.29 is 18.7 Å². The zero-order valence-electron chi connectivity index (χ0n) is 14.5. The molecule has 0 unspecified atom stereocenters. The molecular weight excluding hydrogens is 355 g/mol. The molecule has 0 aliphatic rings. The van der Waals surface area contributed by atoms with Crippen molar-refractivity contribution in [1.82, 2.24) is 4.98 Å². The Morgan fingerprint density at radius 1 is 1.15 bits per heavy atom. The molecule has 1 N–H and O–H groups in total. The molecule has 1 aromatic heterocycles. The zero-order valence-corrected chi connectivity index (χ0v) is 15.3. The summed E-state index contributed by atoms with van der Waals surface area (Å²) >= 11 is 1.27. The van der Waals surface area contributed by atoms with E-state index in [4.69, 9.17) is 9.47 Å². The number of halogens is 1. The van der Waals surface area contributed by atoms with Gasteiger partial charge in [0.2, 0.25) is 0 Å². The first-order valence-corrected chi connectivity index (χ1v) is 8.61. The fourth-order valence-electron chi connectivity index (χ4n) is 2.44. The maximum atomic E-state index is 14.0. The number of anilines is 1. The van der Waals surface area contributed by atoms with E-state index in [-0.39, 0.29) is 17.4 Å². The van der Waals surface area contributed by atoms with Crippen molar-refractivity contribution >= 4 is 22.9 Å². The average molecular weight is 372 g/mol. The Hall–Kier alpha value is -2.93. The minimum absolute atomic E-state index is 0.256. The number of carbonyl (C=O) groups is 1. The highest BCUT2D eigenvalue weighted by Gasteiger charge is 2.19. The molecule has 1 amide bonds. The fraction of sp³-hybridized carbons (Fsp3) is 0.158. The van der Waals surface area contributed by atoms with Crippen molar-refractivity contribution in [2.45, 2.75) is 6.92 Å². The predicted octanol–water partition coefficient (Wildman–Crippen LogP) is 4.53. The number of hydrogen-bond acceptors (Lipinski definition) is 5. The highest BCUT2D eigenvalue weighted by molar-refractivity contribution is 7.15. The summed E-state index contributed by atoms with van der Waals surface area (Å²) in [5, 5.41) is 3.25. The summed E-state index contributed by atoms with van der Waals surface area (Å²) in [7, 11) is 3.06. The summed E-state index contributed by atoms with van der Waals surface area (Å²) in [5.74, 6) is 0.335. The molecule has 0 saturated carbocycles. The lowest BCUT2D eigenvalue weighted by Gasteiger charge is -2.11. The highest BCUT2D eigenvalue weighted by atomic mass is 32.1. The molecule has 0 radical (unpaired) electrons. The largest absolute Gasteiger partial charge is 0.497 e. The van der Waals surface area contributed by atoms with Gasteiger partial charge in [-0.2, -0.15) is 0 Å². The van der Waals surface area contributed by atoms with E-state index in [1.807, 2.05) is 0 Å². The molecule has 0 saturated heterocycles. The van der Waals surface area contributed by atoms with Gasteiger partial charge >= 0.3 is 0 Å². The molecule has 5 nitrogen and oxygen atoms in total. The van der Waals surface area contributed by atoms with Gasteiger partial charge in [-0.15, -0.1) is 11.3 Å².